The summed E-state index contributed by atoms with van der Waals surface area (Å²) in [5.41, 5.74) is 1.07. The predicted octanol–water partition coefficient (Wildman–Crippen LogP) is 3.58. The molecule has 1 heterocycles. The molecule has 0 saturated heterocycles. The second-order valence-electron chi connectivity index (χ2n) is 7.65. The van der Waals surface area contributed by atoms with E-state index in [4.69, 9.17) is 4.74 Å². The number of rotatable bonds is 8. The van der Waals surface area contributed by atoms with Crippen LogP contribution in [0.4, 0.5) is 21.5 Å². The number of guanidine groups is 1. The minimum atomic E-state index is -0.961. The Kier molecular flexibility index (Phi) is 7.11. The van der Waals surface area contributed by atoms with E-state index < -0.39 is 17.6 Å². The lowest BCUT2D eigenvalue weighted by molar-refractivity contribution is -0.111. The van der Waals surface area contributed by atoms with Crippen LogP contribution in [0.15, 0.2) is 78.2 Å². The van der Waals surface area contributed by atoms with Crippen LogP contribution in [0.5, 0.6) is 5.75 Å². The highest BCUT2D eigenvalue weighted by molar-refractivity contribution is 5.99. The lowest BCUT2D eigenvalue weighted by Gasteiger charge is -2.24. The Balaban J connectivity index is 1.71. The molecule has 168 valence electrons. The third kappa shape index (κ3) is 6.32. The predicted molar refractivity (Wildman–Crippen MR) is 124 cm³/mol. The van der Waals surface area contributed by atoms with Gasteiger partial charge in [-0.15, -0.1) is 0 Å². The Morgan fingerprint density at radius 2 is 1.97 bits per heavy atom. The molecule has 0 saturated carbocycles. The highest BCUT2D eigenvalue weighted by Gasteiger charge is 2.20. The first-order valence-corrected chi connectivity index (χ1v) is 9.95. The molecule has 0 bridgehead atoms. The quantitative estimate of drug-likeness (QED) is 0.403. The number of ether oxygens (including phenoxy) is 1. The average molecular weight is 439 g/mol. The summed E-state index contributed by atoms with van der Waals surface area (Å²) in [5, 5.41) is 20.9. The second-order valence-corrected chi connectivity index (χ2v) is 7.65. The number of carbonyl (C=O) groups excluding carboxylic acids is 1. The van der Waals surface area contributed by atoms with Crippen LogP contribution in [0.2, 0.25) is 0 Å². The fourth-order valence-electron chi connectivity index (χ4n) is 2.78. The fourth-order valence-corrected chi connectivity index (χ4v) is 2.78. The molecule has 1 aliphatic rings. The number of nitrogens with zero attached hydrogens (tertiary/aromatic N) is 1. The minimum absolute atomic E-state index is 0.130. The van der Waals surface area contributed by atoms with Gasteiger partial charge in [0.05, 0.1) is 6.61 Å². The first-order chi connectivity index (χ1) is 15.3. The van der Waals surface area contributed by atoms with E-state index >= 15 is 0 Å². The number of aliphatic hydroxyl groups is 1. The lowest BCUT2D eigenvalue weighted by Crippen LogP contribution is -2.35. The van der Waals surface area contributed by atoms with E-state index in [1.54, 1.807) is 56.3 Å². The van der Waals surface area contributed by atoms with E-state index in [1.807, 2.05) is 6.07 Å². The van der Waals surface area contributed by atoms with Crippen molar-refractivity contribution in [2.75, 3.05) is 22.6 Å². The van der Waals surface area contributed by atoms with Crippen LogP contribution in [0.1, 0.15) is 13.8 Å². The number of hydrogen-bond acceptors (Lipinski definition) is 7. The minimum Gasteiger partial charge on any atom is -0.485 e. The number of hydrogen-bond donors (Lipinski definition) is 5. The van der Waals surface area contributed by atoms with Gasteiger partial charge in [0.15, 0.2) is 12.0 Å². The van der Waals surface area contributed by atoms with E-state index in [2.05, 4.69) is 32.8 Å². The topological polar surface area (TPSA) is 107 Å². The number of anilines is 3. The molecule has 0 spiro atoms. The Morgan fingerprint density at radius 3 is 2.72 bits per heavy atom. The Morgan fingerprint density at radius 1 is 1.25 bits per heavy atom. The van der Waals surface area contributed by atoms with Gasteiger partial charge in [-0.05, 0) is 50.3 Å². The van der Waals surface area contributed by atoms with E-state index in [-0.39, 0.29) is 12.5 Å². The maximum absolute atomic E-state index is 14.4. The smallest absolute Gasteiger partial charge is 0.247 e. The van der Waals surface area contributed by atoms with Gasteiger partial charge in [0.2, 0.25) is 11.9 Å². The van der Waals surface area contributed by atoms with Crippen molar-refractivity contribution in [2.24, 2.45) is 4.99 Å². The SMILES string of the molecule is C=CC(=O)Nc1cccc(NC2N=C(Nc3cccc(OC(C)(C)CO)c3)NC=C2F)c1. The van der Waals surface area contributed by atoms with Crippen molar-refractivity contribution in [1.29, 1.82) is 0 Å². The molecule has 1 amide bonds. The first kappa shape index (κ1) is 22.8. The largest absolute Gasteiger partial charge is 0.485 e. The second kappa shape index (κ2) is 9.97. The van der Waals surface area contributed by atoms with Crippen molar-refractivity contribution in [1.82, 2.24) is 5.32 Å². The van der Waals surface area contributed by atoms with Crippen molar-refractivity contribution in [2.45, 2.75) is 25.6 Å². The number of halogens is 1. The monoisotopic (exact) mass is 439 g/mol. The van der Waals surface area contributed by atoms with Gasteiger partial charge in [-0.2, -0.15) is 0 Å². The van der Waals surface area contributed by atoms with Gasteiger partial charge < -0.3 is 31.1 Å². The Hall–Kier alpha value is -3.85. The molecule has 0 aliphatic carbocycles. The third-order valence-corrected chi connectivity index (χ3v) is 4.36. The highest BCUT2D eigenvalue weighted by Crippen LogP contribution is 2.23. The molecule has 1 atom stereocenters. The van der Waals surface area contributed by atoms with Gasteiger partial charge >= 0.3 is 0 Å². The molecule has 5 N–H and O–H groups in total. The number of carbonyl (C=O) groups is 1. The van der Waals surface area contributed by atoms with Gasteiger partial charge in [-0.25, -0.2) is 9.38 Å². The third-order valence-electron chi connectivity index (χ3n) is 4.36. The summed E-state index contributed by atoms with van der Waals surface area (Å²) in [5.74, 6) is 0.0601. The Labute approximate surface area is 185 Å². The molecule has 0 fully saturated rings. The van der Waals surface area contributed by atoms with Crippen molar-refractivity contribution in [3.8, 4) is 5.75 Å². The zero-order valence-corrected chi connectivity index (χ0v) is 17.9. The fraction of sp³-hybridized carbons (Fsp3) is 0.217. The summed E-state index contributed by atoms with van der Waals surface area (Å²) in [6.45, 7) is 6.85. The zero-order chi connectivity index (χ0) is 23.1. The molecule has 0 radical (unpaired) electrons. The normalized spacial score (nSPS) is 15.6. The van der Waals surface area contributed by atoms with Gasteiger partial charge in [0.1, 0.15) is 11.4 Å². The van der Waals surface area contributed by atoms with Crippen LogP contribution in [-0.2, 0) is 4.79 Å². The summed E-state index contributed by atoms with van der Waals surface area (Å²) in [6, 6.07) is 14.0. The lowest BCUT2D eigenvalue weighted by atomic mass is 10.1. The molecule has 3 rings (SSSR count). The van der Waals surface area contributed by atoms with E-state index in [0.717, 1.165) is 0 Å². The summed E-state index contributed by atoms with van der Waals surface area (Å²) in [7, 11) is 0. The highest BCUT2D eigenvalue weighted by atomic mass is 19.1. The molecule has 2 aromatic rings. The zero-order valence-electron chi connectivity index (χ0n) is 17.9. The summed E-state index contributed by atoms with van der Waals surface area (Å²) >= 11 is 0. The number of aliphatic imine (C=N–C) groups is 1. The van der Waals surface area contributed by atoms with E-state index in [0.29, 0.717) is 28.8 Å². The number of nitrogens with one attached hydrogen (secondary N) is 4. The molecule has 8 nitrogen and oxygen atoms in total. The van der Waals surface area contributed by atoms with Crippen molar-refractivity contribution >= 4 is 28.9 Å². The van der Waals surface area contributed by atoms with Crippen LogP contribution in [0.25, 0.3) is 0 Å². The molecular formula is C23H26FN5O3. The molecule has 9 heteroatoms. The van der Waals surface area contributed by atoms with Gasteiger partial charge in [-0.1, -0.05) is 18.7 Å². The summed E-state index contributed by atoms with van der Waals surface area (Å²) in [4.78, 5) is 15.8. The van der Waals surface area contributed by atoms with E-state index in [9.17, 15) is 14.3 Å². The van der Waals surface area contributed by atoms with Crippen LogP contribution >= 0.6 is 0 Å². The van der Waals surface area contributed by atoms with Crippen LogP contribution in [0, 0.1) is 0 Å². The average Bonchev–Trinajstić information content (AvgIpc) is 2.76. The standard InChI is InChI=1S/C23H26FN5O3/c1-4-20(31)26-15-7-5-8-16(11-15)27-21-19(24)13-25-22(29-21)28-17-9-6-10-18(12-17)32-23(2,3)14-30/h4-13,21,27,30H,1,14H2,2-3H3,(H,26,31)(H2,25,28,29). The summed E-state index contributed by atoms with van der Waals surface area (Å²) < 4.78 is 20.1. The number of benzene rings is 2. The van der Waals surface area contributed by atoms with Gasteiger partial charge in [0, 0.05) is 29.3 Å². The Bertz CT molecular complexity index is 1050. The van der Waals surface area contributed by atoms with Crippen LogP contribution in [-0.4, -0.2) is 35.3 Å². The van der Waals surface area contributed by atoms with Crippen molar-refractivity contribution in [3.63, 3.8) is 0 Å². The van der Waals surface area contributed by atoms with Crippen molar-refractivity contribution < 1.29 is 19.0 Å². The van der Waals surface area contributed by atoms with Crippen molar-refractivity contribution in [3.05, 3.63) is 73.2 Å². The number of aliphatic hydroxyl groups excluding tert-OH is 1. The maximum Gasteiger partial charge on any atom is 0.247 e. The molecule has 0 aromatic heterocycles. The molecular weight excluding hydrogens is 413 g/mol. The first-order valence-electron chi connectivity index (χ1n) is 9.95. The van der Waals surface area contributed by atoms with Gasteiger partial charge in [0.25, 0.3) is 0 Å². The van der Waals surface area contributed by atoms with Gasteiger partial charge in [-0.3, -0.25) is 4.79 Å². The summed E-state index contributed by atoms with van der Waals surface area (Å²) in [6.07, 6.45) is 1.42. The maximum atomic E-state index is 14.4. The molecule has 1 unspecified atom stereocenters. The van der Waals surface area contributed by atoms with E-state index in [1.165, 1.54) is 12.3 Å². The number of amides is 1. The molecule has 32 heavy (non-hydrogen) atoms. The van der Waals surface area contributed by atoms with Crippen LogP contribution in [0.3, 0.4) is 0 Å². The molecule has 1 aliphatic heterocycles. The molecule has 2 aromatic carbocycles. The van der Waals surface area contributed by atoms with Crippen LogP contribution < -0.4 is 26.0 Å².